The third kappa shape index (κ3) is 3.44. The molecular weight excluding hydrogens is 227 g/mol. The Kier molecular flexibility index (Phi) is 3.41. The van der Waals surface area contributed by atoms with Gasteiger partial charge in [0.2, 0.25) is 5.95 Å². The quantitative estimate of drug-likeness (QED) is 0.844. The van der Waals surface area contributed by atoms with Crippen molar-refractivity contribution in [3.63, 3.8) is 0 Å². The molecule has 0 fully saturated rings. The highest BCUT2D eigenvalue weighted by atomic mass is 19.4. The highest BCUT2D eigenvalue weighted by molar-refractivity contribution is 5.72. The van der Waals surface area contributed by atoms with Gasteiger partial charge in [-0.1, -0.05) is 0 Å². The van der Waals surface area contributed by atoms with Crippen molar-refractivity contribution in [1.29, 1.82) is 0 Å². The van der Waals surface area contributed by atoms with E-state index in [1.807, 2.05) is 0 Å². The molecule has 0 saturated carbocycles. The highest BCUT2D eigenvalue weighted by Crippen LogP contribution is 2.20. The third-order valence-corrected chi connectivity index (χ3v) is 1.77. The number of carboxylic acid groups (broad SMARTS) is 1. The van der Waals surface area contributed by atoms with E-state index in [0.29, 0.717) is 4.90 Å². The van der Waals surface area contributed by atoms with Crippen LogP contribution in [0.1, 0.15) is 0 Å². The summed E-state index contributed by atoms with van der Waals surface area (Å²) in [5, 5.41) is 8.52. The van der Waals surface area contributed by atoms with Crippen molar-refractivity contribution in [2.24, 2.45) is 7.05 Å². The fraction of sp³-hybridized carbons (Fsp3) is 0.500. The van der Waals surface area contributed by atoms with Crippen LogP contribution < -0.4 is 4.90 Å². The fourth-order valence-corrected chi connectivity index (χ4v) is 1.24. The molecule has 1 rings (SSSR count). The SMILES string of the molecule is Cn1ccnc1N(CC(=O)O)CC(F)(F)F. The van der Waals surface area contributed by atoms with Crippen LogP contribution in [0, 0.1) is 0 Å². The van der Waals surface area contributed by atoms with Gasteiger partial charge in [0.25, 0.3) is 0 Å². The van der Waals surface area contributed by atoms with Crippen molar-refractivity contribution < 1.29 is 23.1 Å². The first-order valence-corrected chi connectivity index (χ1v) is 4.30. The lowest BCUT2D eigenvalue weighted by atomic mass is 10.5. The second kappa shape index (κ2) is 4.42. The van der Waals surface area contributed by atoms with Crippen LogP contribution in [0.3, 0.4) is 0 Å². The van der Waals surface area contributed by atoms with E-state index in [9.17, 15) is 18.0 Å². The van der Waals surface area contributed by atoms with Gasteiger partial charge in [-0.15, -0.1) is 0 Å². The number of halogens is 3. The molecule has 8 heteroatoms. The van der Waals surface area contributed by atoms with E-state index < -0.39 is 25.2 Å². The van der Waals surface area contributed by atoms with E-state index in [1.165, 1.54) is 24.0 Å². The smallest absolute Gasteiger partial charge is 0.406 e. The van der Waals surface area contributed by atoms with Gasteiger partial charge in [0.15, 0.2) is 0 Å². The molecular formula is C8H10F3N3O2. The Labute approximate surface area is 89.1 Å². The topological polar surface area (TPSA) is 58.4 Å². The van der Waals surface area contributed by atoms with Gasteiger partial charge in [-0.2, -0.15) is 13.2 Å². The van der Waals surface area contributed by atoms with Gasteiger partial charge in [-0.3, -0.25) is 4.79 Å². The van der Waals surface area contributed by atoms with Crippen LogP contribution in [0.15, 0.2) is 12.4 Å². The second-order valence-electron chi connectivity index (χ2n) is 3.20. The number of aryl methyl sites for hydroxylation is 1. The van der Waals surface area contributed by atoms with Gasteiger partial charge in [0, 0.05) is 19.4 Å². The molecule has 16 heavy (non-hydrogen) atoms. The molecule has 0 saturated heterocycles. The molecule has 1 aromatic rings. The molecule has 0 aliphatic heterocycles. The van der Waals surface area contributed by atoms with Crippen LogP contribution in [-0.2, 0) is 11.8 Å². The average molecular weight is 237 g/mol. The van der Waals surface area contributed by atoms with Crippen molar-refractivity contribution in [3.8, 4) is 0 Å². The molecule has 0 bridgehead atoms. The molecule has 0 spiro atoms. The lowest BCUT2D eigenvalue weighted by molar-refractivity contribution is -0.136. The Morgan fingerprint density at radius 1 is 1.62 bits per heavy atom. The normalized spacial score (nSPS) is 11.5. The van der Waals surface area contributed by atoms with Gasteiger partial charge >= 0.3 is 12.1 Å². The molecule has 1 heterocycles. The Balaban J connectivity index is 2.88. The first kappa shape index (κ1) is 12.3. The largest absolute Gasteiger partial charge is 0.480 e. The Morgan fingerprint density at radius 2 is 2.25 bits per heavy atom. The van der Waals surface area contributed by atoms with Gasteiger partial charge in [-0.25, -0.2) is 4.98 Å². The molecule has 0 amide bonds. The number of nitrogens with zero attached hydrogens (tertiary/aromatic N) is 3. The fourth-order valence-electron chi connectivity index (χ4n) is 1.24. The van der Waals surface area contributed by atoms with Crippen molar-refractivity contribution in [3.05, 3.63) is 12.4 Å². The van der Waals surface area contributed by atoms with Crippen LogP contribution in [0.25, 0.3) is 0 Å². The molecule has 1 aromatic heterocycles. The highest BCUT2D eigenvalue weighted by Gasteiger charge is 2.33. The molecule has 0 aliphatic carbocycles. The summed E-state index contributed by atoms with van der Waals surface area (Å²) in [5.74, 6) is -1.37. The summed E-state index contributed by atoms with van der Waals surface area (Å²) in [6, 6.07) is 0. The van der Waals surface area contributed by atoms with E-state index in [4.69, 9.17) is 5.11 Å². The van der Waals surface area contributed by atoms with E-state index in [-0.39, 0.29) is 5.95 Å². The zero-order valence-electron chi connectivity index (χ0n) is 8.40. The monoisotopic (exact) mass is 237 g/mol. The third-order valence-electron chi connectivity index (χ3n) is 1.77. The summed E-state index contributed by atoms with van der Waals surface area (Å²) in [6.45, 7) is -2.09. The second-order valence-corrected chi connectivity index (χ2v) is 3.20. The standard InChI is InChI=1S/C8H10F3N3O2/c1-13-3-2-12-7(13)14(4-6(15)16)5-8(9,10)11/h2-3H,4-5H2,1H3,(H,15,16). The number of hydrogen-bond donors (Lipinski definition) is 1. The van der Waals surface area contributed by atoms with E-state index in [2.05, 4.69) is 4.98 Å². The van der Waals surface area contributed by atoms with Crippen molar-refractivity contribution in [2.75, 3.05) is 18.0 Å². The number of carboxylic acids is 1. The lowest BCUT2D eigenvalue weighted by Crippen LogP contribution is -2.39. The molecule has 0 aromatic carbocycles. The summed E-state index contributed by atoms with van der Waals surface area (Å²) in [7, 11) is 1.49. The molecule has 0 radical (unpaired) electrons. The Morgan fingerprint density at radius 3 is 2.62 bits per heavy atom. The van der Waals surface area contributed by atoms with Gasteiger partial charge < -0.3 is 14.6 Å². The minimum Gasteiger partial charge on any atom is -0.480 e. The minimum atomic E-state index is -4.47. The molecule has 0 unspecified atom stereocenters. The van der Waals surface area contributed by atoms with Gasteiger partial charge in [0.05, 0.1) is 0 Å². The van der Waals surface area contributed by atoms with Gasteiger partial charge in [0.1, 0.15) is 13.1 Å². The first-order chi connectivity index (χ1) is 7.29. The molecule has 0 atom stereocenters. The number of alkyl halides is 3. The van der Waals surface area contributed by atoms with Crippen molar-refractivity contribution in [2.45, 2.75) is 6.18 Å². The Hall–Kier alpha value is -1.73. The molecule has 1 N–H and O–H groups in total. The average Bonchev–Trinajstić information content (AvgIpc) is 2.46. The predicted octanol–water partition coefficient (Wildman–Crippen LogP) is 0.873. The number of imidazole rings is 1. The van der Waals surface area contributed by atoms with Crippen LogP contribution >= 0.6 is 0 Å². The van der Waals surface area contributed by atoms with E-state index in [0.717, 1.165) is 0 Å². The number of anilines is 1. The number of hydrogen-bond acceptors (Lipinski definition) is 3. The summed E-state index contributed by atoms with van der Waals surface area (Å²) >= 11 is 0. The molecule has 90 valence electrons. The van der Waals surface area contributed by atoms with Crippen molar-refractivity contribution >= 4 is 11.9 Å². The molecule has 0 aliphatic rings. The Bertz CT molecular complexity index is 375. The molecule has 5 nitrogen and oxygen atoms in total. The summed E-state index contributed by atoms with van der Waals surface area (Å²) < 4.78 is 38.0. The van der Waals surface area contributed by atoms with Gasteiger partial charge in [-0.05, 0) is 0 Å². The lowest BCUT2D eigenvalue weighted by Gasteiger charge is -2.22. The van der Waals surface area contributed by atoms with Crippen LogP contribution in [0.4, 0.5) is 19.1 Å². The zero-order valence-corrected chi connectivity index (χ0v) is 8.40. The maximum Gasteiger partial charge on any atom is 0.406 e. The summed E-state index contributed by atoms with van der Waals surface area (Å²) in [5.41, 5.74) is 0. The minimum absolute atomic E-state index is 0.0280. The predicted molar refractivity (Wildman–Crippen MR) is 49.1 cm³/mol. The van der Waals surface area contributed by atoms with Crippen LogP contribution in [0.2, 0.25) is 0 Å². The number of aliphatic carboxylic acids is 1. The first-order valence-electron chi connectivity index (χ1n) is 4.30. The van der Waals surface area contributed by atoms with E-state index in [1.54, 1.807) is 0 Å². The number of aromatic nitrogens is 2. The number of rotatable bonds is 4. The van der Waals surface area contributed by atoms with Crippen molar-refractivity contribution in [1.82, 2.24) is 9.55 Å². The number of carbonyl (C=O) groups is 1. The maximum absolute atomic E-state index is 12.2. The van der Waals surface area contributed by atoms with Crippen LogP contribution in [-0.4, -0.2) is 39.9 Å². The zero-order chi connectivity index (χ0) is 12.3. The maximum atomic E-state index is 12.2. The summed E-state index contributed by atoms with van der Waals surface area (Å²) in [6.07, 6.45) is -1.72. The van der Waals surface area contributed by atoms with E-state index >= 15 is 0 Å². The summed E-state index contributed by atoms with van der Waals surface area (Å²) in [4.78, 5) is 14.8. The van der Waals surface area contributed by atoms with Crippen LogP contribution in [0.5, 0.6) is 0 Å².